The normalized spacial score (nSPS) is 11.4. The first-order valence-corrected chi connectivity index (χ1v) is 10.7. The Morgan fingerprint density at radius 3 is 1.79 bits per heavy atom. The molecule has 1 nitrogen and oxygen atoms in total. The Hall–Kier alpha value is -0.651. The van der Waals surface area contributed by atoms with Crippen molar-refractivity contribution in [2.75, 3.05) is 6.54 Å². The summed E-state index contributed by atoms with van der Waals surface area (Å²) < 4.78 is 0. The van der Waals surface area contributed by atoms with Gasteiger partial charge in [0.1, 0.15) is 0 Å². The van der Waals surface area contributed by atoms with Crippen molar-refractivity contribution in [1.29, 1.82) is 0 Å². The Bertz CT molecular complexity index is 496. The topological polar surface area (TPSA) is 12.0 Å². The summed E-state index contributed by atoms with van der Waals surface area (Å²) in [6, 6.07) is 21.5. The van der Waals surface area contributed by atoms with E-state index in [-0.39, 0.29) is 0 Å². The van der Waals surface area contributed by atoms with Crippen LogP contribution >= 0.6 is 5.66 Å². The van der Waals surface area contributed by atoms with Gasteiger partial charge in [-0.05, 0) is 0 Å². The molecule has 0 amide bonds. The maximum atomic E-state index is 3.79. The molecule has 3 heteroatoms. The number of rotatable bonds is 6. The fourth-order valence-electron chi connectivity index (χ4n) is 2.02. The van der Waals surface area contributed by atoms with E-state index in [9.17, 15) is 0 Å². The summed E-state index contributed by atoms with van der Waals surface area (Å²) in [5, 5.41) is 6.53. The van der Waals surface area contributed by atoms with Gasteiger partial charge in [0.05, 0.1) is 0 Å². The molecule has 0 saturated carbocycles. The van der Waals surface area contributed by atoms with Crippen LogP contribution in [0.1, 0.15) is 19.8 Å². The van der Waals surface area contributed by atoms with E-state index in [1.165, 1.54) is 23.5 Å². The van der Waals surface area contributed by atoms with Gasteiger partial charge in [-0.1, -0.05) is 0 Å². The molecular formula is C16H20NPSe. The number of hydrogen-bond donors (Lipinski definition) is 1. The second-order valence-electron chi connectivity index (χ2n) is 4.54. The van der Waals surface area contributed by atoms with Crippen molar-refractivity contribution < 1.29 is 0 Å². The molecule has 2 rings (SSSR count). The van der Waals surface area contributed by atoms with Crippen LogP contribution in [0.2, 0.25) is 0 Å². The van der Waals surface area contributed by atoms with Crippen LogP contribution in [0.25, 0.3) is 0 Å². The van der Waals surface area contributed by atoms with Gasteiger partial charge in [-0.25, -0.2) is 0 Å². The van der Waals surface area contributed by atoms with Crippen molar-refractivity contribution in [2.24, 2.45) is 0 Å². The molecule has 100 valence electrons. The van der Waals surface area contributed by atoms with Crippen molar-refractivity contribution in [3.05, 3.63) is 60.7 Å². The van der Waals surface area contributed by atoms with E-state index < -0.39 is 5.66 Å². The molecule has 0 unspecified atom stereocenters. The van der Waals surface area contributed by atoms with Crippen LogP contribution in [-0.4, -0.2) is 21.6 Å². The van der Waals surface area contributed by atoms with Gasteiger partial charge in [0, 0.05) is 0 Å². The molecule has 19 heavy (non-hydrogen) atoms. The van der Waals surface area contributed by atoms with Crippen LogP contribution in [0, 0.1) is 0 Å². The third kappa shape index (κ3) is 3.68. The predicted octanol–water partition coefficient (Wildman–Crippen LogP) is 3.04. The second-order valence-corrected chi connectivity index (χ2v) is 10.6. The van der Waals surface area contributed by atoms with Crippen LogP contribution in [0.5, 0.6) is 0 Å². The van der Waals surface area contributed by atoms with Gasteiger partial charge in [0.25, 0.3) is 0 Å². The fraction of sp³-hybridized carbons (Fsp3) is 0.250. The van der Waals surface area contributed by atoms with Crippen LogP contribution in [0.3, 0.4) is 0 Å². The Balaban J connectivity index is 2.36. The molecule has 1 N–H and O–H groups in total. The zero-order valence-electron chi connectivity index (χ0n) is 11.3. The molecule has 0 aromatic heterocycles. The van der Waals surface area contributed by atoms with Gasteiger partial charge in [-0.15, -0.1) is 0 Å². The van der Waals surface area contributed by atoms with Crippen LogP contribution < -0.4 is 15.7 Å². The zero-order valence-corrected chi connectivity index (χ0v) is 13.9. The van der Waals surface area contributed by atoms with E-state index in [2.05, 4.69) is 87.8 Å². The molecule has 0 saturated heterocycles. The molecule has 0 aliphatic rings. The van der Waals surface area contributed by atoms with Gasteiger partial charge in [0.15, 0.2) is 0 Å². The van der Waals surface area contributed by atoms with Gasteiger partial charge in [0.2, 0.25) is 0 Å². The molecule has 0 atom stereocenters. The molecule has 0 aliphatic heterocycles. The van der Waals surface area contributed by atoms with E-state index in [1.807, 2.05) is 0 Å². The van der Waals surface area contributed by atoms with Gasteiger partial charge in [-0.2, -0.15) is 0 Å². The summed E-state index contributed by atoms with van der Waals surface area (Å²) in [7, 11) is 0. The first-order valence-electron chi connectivity index (χ1n) is 6.74. The van der Waals surface area contributed by atoms with E-state index in [0.29, 0.717) is 0 Å². The summed E-state index contributed by atoms with van der Waals surface area (Å²) in [5.74, 6) is 0. The van der Waals surface area contributed by atoms with E-state index in [1.54, 1.807) is 0 Å². The molecular weight excluding hydrogens is 316 g/mol. The Labute approximate surface area is 123 Å². The minimum atomic E-state index is -1.58. The summed E-state index contributed by atoms with van der Waals surface area (Å²) in [5.41, 5.74) is -1.58. The molecule has 0 heterocycles. The third-order valence-corrected chi connectivity index (χ3v) is 9.29. The van der Waals surface area contributed by atoms with E-state index >= 15 is 0 Å². The quantitative estimate of drug-likeness (QED) is 0.486. The summed E-state index contributed by atoms with van der Waals surface area (Å²) in [6.07, 6.45) is 2.43. The molecule has 0 aliphatic carbocycles. The maximum absolute atomic E-state index is 3.79. The van der Waals surface area contributed by atoms with Gasteiger partial charge >= 0.3 is 123 Å². The molecule has 0 fully saturated rings. The summed E-state index contributed by atoms with van der Waals surface area (Å²) in [6.45, 7) is 3.28. The van der Waals surface area contributed by atoms with Crippen molar-refractivity contribution in [3.8, 4) is 0 Å². The van der Waals surface area contributed by atoms with Crippen molar-refractivity contribution in [1.82, 2.24) is 5.09 Å². The van der Waals surface area contributed by atoms with Crippen LogP contribution in [-0.2, 0) is 0 Å². The average Bonchev–Trinajstić information content (AvgIpc) is 2.49. The molecule has 2 aromatic carbocycles. The van der Waals surface area contributed by atoms with Crippen molar-refractivity contribution in [2.45, 2.75) is 19.8 Å². The standard InChI is InChI=1S/C16H20NPSe/c1-2-3-14-17-18(19,15-10-6-4-7-11-15)16-12-8-5-9-13-16/h4-13H,2-3,14H2,1H3,(H,17,19). The average molecular weight is 336 g/mol. The SMILES string of the molecule is CCCCNP(=[Se])(c1ccccc1)c1ccccc1. The van der Waals surface area contributed by atoms with Crippen molar-refractivity contribution in [3.63, 3.8) is 0 Å². The number of nitrogens with one attached hydrogen (secondary N) is 1. The van der Waals surface area contributed by atoms with Crippen LogP contribution in [0.15, 0.2) is 60.7 Å². The molecule has 0 spiro atoms. The third-order valence-electron chi connectivity index (χ3n) is 3.10. The minimum absolute atomic E-state index is 1.06. The van der Waals surface area contributed by atoms with E-state index in [0.717, 1.165) is 6.54 Å². The Morgan fingerprint density at radius 2 is 1.37 bits per heavy atom. The number of hydrogen-bond acceptors (Lipinski definition) is 1. The summed E-state index contributed by atoms with van der Waals surface area (Å²) >= 11 is 3.48. The Kier molecular flexibility index (Phi) is 5.60. The first-order chi connectivity index (χ1) is 9.27. The van der Waals surface area contributed by atoms with Gasteiger partial charge < -0.3 is 0 Å². The fourth-order valence-corrected chi connectivity index (χ4v) is 6.45. The van der Waals surface area contributed by atoms with Gasteiger partial charge in [-0.3, -0.25) is 0 Å². The zero-order chi connectivity index (χ0) is 13.6. The van der Waals surface area contributed by atoms with Crippen molar-refractivity contribution >= 4 is 31.4 Å². The number of unbranched alkanes of at least 4 members (excludes halogenated alkanes) is 1. The van der Waals surface area contributed by atoms with Crippen LogP contribution in [0.4, 0.5) is 0 Å². The molecule has 2 aromatic rings. The molecule has 0 bridgehead atoms. The second kappa shape index (κ2) is 7.22. The predicted molar refractivity (Wildman–Crippen MR) is 87.7 cm³/mol. The summed E-state index contributed by atoms with van der Waals surface area (Å²) in [4.78, 5) is 0. The monoisotopic (exact) mass is 337 g/mol. The number of benzene rings is 2. The first kappa shape index (κ1) is 14.8. The van der Waals surface area contributed by atoms with E-state index in [4.69, 9.17) is 0 Å². The Morgan fingerprint density at radius 1 is 0.895 bits per heavy atom. The molecule has 0 radical (unpaired) electrons.